The molecule has 2 aromatic carbocycles. The number of ether oxygens (including phenoxy) is 1. The fourth-order valence-electron chi connectivity index (χ4n) is 3.26. The number of benzene rings is 2. The van der Waals surface area contributed by atoms with Crippen LogP contribution in [0.4, 0.5) is 0 Å². The summed E-state index contributed by atoms with van der Waals surface area (Å²) < 4.78 is 12.1. The lowest BCUT2D eigenvalue weighted by atomic mass is 10.1. The Hall–Kier alpha value is -2.61. The van der Waals surface area contributed by atoms with Gasteiger partial charge >= 0.3 is 5.63 Å². The van der Waals surface area contributed by atoms with E-state index in [9.17, 15) is 9.59 Å². The maximum Gasteiger partial charge on any atom is 0.336 e. The first-order valence-corrected chi connectivity index (χ1v) is 10.7. The van der Waals surface area contributed by atoms with Crippen LogP contribution in [0.15, 0.2) is 61.6 Å². The summed E-state index contributed by atoms with van der Waals surface area (Å²) in [7, 11) is 1.59. The van der Waals surface area contributed by atoms with Gasteiger partial charge in [-0.2, -0.15) is 0 Å². The molecule has 8 heteroatoms. The fraction of sp³-hybridized carbons (Fsp3) is 0.227. The molecule has 0 amide bonds. The minimum absolute atomic E-state index is 0.149. The van der Waals surface area contributed by atoms with E-state index in [2.05, 4.69) is 4.98 Å². The Kier molecular flexibility index (Phi) is 5.94. The van der Waals surface area contributed by atoms with Crippen molar-refractivity contribution in [2.75, 3.05) is 13.7 Å². The van der Waals surface area contributed by atoms with E-state index in [0.29, 0.717) is 45.6 Å². The second-order valence-electron chi connectivity index (χ2n) is 6.88. The van der Waals surface area contributed by atoms with Crippen molar-refractivity contribution in [1.82, 2.24) is 9.55 Å². The van der Waals surface area contributed by atoms with Crippen molar-refractivity contribution >= 4 is 45.2 Å². The molecular weight excluding hydrogens is 424 g/mol. The Morgan fingerprint density at radius 2 is 1.93 bits per heavy atom. The maximum atomic E-state index is 13.0. The van der Waals surface area contributed by atoms with Gasteiger partial charge in [0.25, 0.3) is 5.56 Å². The molecule has 0 aliphatic rings. The van der Waals surface area contributed by atoms with Gasteiger partial charge in [-0.15, -0.1) is 0 Å². The molecule has 2 aromatic heterocycles. The molecule has 4 rings (SSSR count). The topological polar surface area (TPSA) is 74.3 Å². The van der Waals surface area contributed by atoms with Crippen LogP contribution in [0.1, 0.15) is 11.1 Å². The molecule has 0 spiro atoms. The third-order valence-corrected chi connectivity index (χ3v) is 6.00. The number of halogens is 1. The van der Waals surface area contributed by atoms with Crippen LogP contribution in [0.2, 0.25) is 5.02 Å². The molecule has 0 aliphatic heterocycles. The van der Waals surface area contributed by atoms with E-state index in [1.807, 2.05) is 25.1 Å². The molecule has 154 valence electrons. The summed E-state index contributed by atoms with van der Waals surface area (Å²) in [4.78, 5) is 29.7. The van der Waals surface area contributed by atoms with Gasteiger partial charge in [-0.3, -0.25) is 9.36 Å². The number of hydrogen-bond donors (Lipinski definition) is 0. The molecule has 0 atom stereocenters. The molecule has 0 fully saturated rings. The zero-order chi connectivity index (χ0) is 21.3. The highest BCUT2D eigenvalue weighted by atomic mass is 35.5. The van der Waals surface area contributed by atoms with Gasteiger partial charge < -0.3 is 9.15 Å². The lowest BCUT2D eigenvalue weighted by molar-refractivity contribution is 0.183. The molecule has 4 aromatic rings. The van der Waals surface area contributed by atoms with Gasteiger partial charge in [0.05, 0.1) is 24.1 Å². The quantitative estimate of drug-likeness (QED) is 0.250. The molecular formula is C22H19ClN2O4S. The molecule has 0 radical (unpaired) electrons. The first-order valence-electron chi connectivity index (χ1n) is 9.31. The predicted octanol–water partition coefficient (Wildman–Crippen LogP) is 4.40. The molecule has 0 bridgehead atoms. The van der Waals surface area contributed by atoms with E-state index < -0.39 is 5.63 Å². The summed E-state index contributed by atoms with van der Waals surface area (Å²) in [5.74, 6) is 0.455. The van der Waals surface area contributed by atoms with Crippen molar-refractivity contribution < 1.29 is 9.15 Å². The Balaban J connectivity index is 1.77. The first kappa shape index (κ1) is 20.7. The largest absolute Gasteiger partial charge is 0.423 e. The molecule has 0 unspecified atom stereocenters. The fourth-order valence-corrected chi connectivity index (χ4v) is 4.45. The normalized spacial score (nSPS) is 11.4. The summed E-state index contributed by atoms with van der Waals surface area (Å²) in [6.07, 6.45) is 0. The molecule has 0 N–H and O–H groups in total. The minimum atomic E-state index is -0.404. The van der Waals surface area contributed by atoms with Crippen LogP contribution in [0.3, 0.4) is 0 Å². The van der Waals surface area contributed by atoms with Gasteiger partial charge in [0.1, 0.15) is 5.58 Å². The molecule has 0 saturated heterocycles. The number of thioether (sulfide) groups is 1. The third-order valence-electron chi connectivity index (χ3n) is 4.74. The molecule has 6 nitrogen and oxygen atoms in total. The smallest absolute Gasteiger partial charge is 0.336 e. The van der Waals surface area contributed by atoms with Crippen LogP contribution >= 0.6 is 23.4 Å². The number of aryl methyl sites for hydroxylation is 1. The zero-order valence-corrected chi connectivity index (χ0v) is 18.0. The average molecular weight is 443 g/mol. The van der Waals surface area contributed by atoms with E-state index in [-0.39, 0.29) is 5.56 Å². The number of fused-ring (bicyclic) bond motifs is 2. The summed E-state index contributed by atoms with van der Waals surface area (Å²) in [5, 5.41) is 2.42. The number of methoxy groups -OCH3 is 1. The van der Waals surface area contributed by atoms with Crippen LogP contribution in [-0.2, 0) is 17.0 Å². The number of rotatable bonds is 6. The van der Waals surface area contributed by atoms with Gasteiger partial charge in [0.2, 0.25) is 0 Å². The first-order chi connectivity index (χ1) is 14.5. The SMILES string of the molecule is COCCn1c(SCc2cc(=O)oc3cc(C)ccc23)nc2cc(Cl)ccc2c1=O. The number of nitrogens with zero attached hydrogens (tertiary/aromatic N) is 2. The highest BCUT2D eigenvalue weighted by Crippen LogP contribution is 2.27. The summed E-state index contributed by atoms with van der Waals surface area (Å²) >= 11 is 7.48. The van der Waals surface area contributed by atoms with Crippen LogP contribution < -0.4 is 11.2 Å². The van der Waals surface area contributed by atoms with Crippen LogP contribution in [0.25, 0.3) is 21.9 Å². The minimum Gasteiger partial charge on any atom is -0.423 e. The standard InChI is InChI=1S/C22H19ClN2O4S/c1-13-3-5-16-14(10-20(26)29-19(16)9-13)12-30-22-24-18-11-15(23)4-6-17(18)21(27)25(22)7-8-28-2/h3-6,9-11H,7-8,12H2,1-2H3. The third kappa shape index (κ3) is 4.14. The van der Waals surface area contributed by atoms with Crippen molar-refractivity contribution in [2.45, 2.75) is 24.4 Å². The zero-order valence-electron chi connectivity index (χ0n) is 16.5. The van der Waals surface area contributed by atoms with E-state index in [1.165, 1.54) is 17.8 Å². The predicted molar refractivity (Wildman–Crippen MR) is 120 cm³/mol. The number of aromatic nitrogens is 2. The highest BCUT2D eigenvalue weighted by Gasteiger charge is 2.14. The van der Waals surface area contributed by atoms with Crippen molar-refractivity contribution in [3.05, 3.63) is 79.4 Å². The van der Waals surface area contributed by atoms with E-state index in [1.54, 1.807) is 29.9 Å². The maximum absolute atomic E-state index is 13.0. The monoisotopic (exact) mass is 442 g/mol. The Labute approximate surface area is 181 Å². The second-order valence-corrected chi connectivity index (χ2v) is 8.26. The van der Waals surface area contributed by atoms with Crippen molar-refractivity contribution in [1.29, 1.82) is 0 Å². The molecule has 2 heterocycles. The van der Waals surface area contributed by atoms with Crippen LogP contribution in [0.5, 0.6) is 0 Å². The molecule has 0 saturated carbocycles. The number of hydrogen-bond acceptors (Lipinski definition) is 6. The van der Waals surface area contributed by atoms with E-state index in [0.717, 1.165) is 16.5 Å². The van der Waals surface area contributed by atoms with Crippen LogP contribution in [-0.4, -0.2) is 23.3 Å². The van der Waals surface area contributed by atoms with Crippen molar-refractivity contribution in [3.8, 4) is 0 Å². The van der Waals surface area contributed by atoms with Gasteiger partial charge in [0, 0.05) is 29.3 Å². The van der Waals surface area contributed by atoms with E-state index >= 15 is 0 Å². The van der Waals surface area contributed by atoms with Crippen LogP contribution in [0, 0.1) is 6.92 Å². The lowest BCUT2D eigenvalue weighted by Gasteiger charge is -2.13. The Bertz CT molecular complexity index is 1360. The highest BCUT2D eigenvalue weighted by molar-refractivity contribution is 7.98. The van der Waals surface area contributed by atoms with Crippen molar-refractivity contribution in [2.24, 2.45) is 0 Å². The van der Waals surface area contributed by atoms with E-state index in [4.69, 9.17) is 20.8 Å². The summed E-state index contributed by atoms with van der Waals surface area (Å²) in [6.45, 7) is 2.70. The van der Waals surface area contributed by atoms with Gasteiger partial charge in [-0.25, -0.2) is 9.78 Å². The van der Waals surface area contributed by atoms with Gasteiger partial charge in [-0.05, 0) is 42.3 Å². The Morgan fingerprint density at radius 1 is 1.13 bits per heavy atom. The van der Waals surface area contributed by atoms with Gasteiger partial charge in [-0.1, -0.05) is 35.5 Å². The Morgan fingerprint density at radius 3 is 2.73 bits per heavy atom. The second kappa shape index (κ2) is 8.63. The molecule has 0 aliphatic carbocycles. The average Bonchev–Trinajstić information content (AvgIpc) is 2.70. The summed E-state index contributed by atoms with van der Waals surface area (Å²) in [5.41, 5.74) is 2.37. The lowest BCUT2D eigenvalue weighted by Crippen LogP contribution is -2.25. The molecule has 30 heavy (non-hydrogen) atoms. The van der Waals surface area contributed by atoms with Gasteiger partial charge in [0.15, 0.2) is 5.16 Å². The van der Waals surface area contributed by atoms with Crippen molar-refractivity contribution in [3.63, 3.8) is 0 Å². The summed E-state index contributed by atoms with van der Waals surface area (Å²) in [6, 6.07) is 12.3.